The highest BCUT2D eigenvalue weighted by Crippen LogP contribution is 2.40. The third kappa shape index (κ3) is 4.72. The third-order valence-electron chi connectivity index (χ3n) is 5.22. The van der Waals surface area contributed by atoms with Gasteiger partial charge in [-0.15, -0.1) is 0 Å². The van der Waals surface area contributed by atoms with Gasteiger partial charge in [-0.2, -0.15) is 0 Å². The Balaban J connectivity index is 1.68. The number of carbonyl (C=O) groups excluding carboxylic acids is 3. The van der Waals surface area contributed by atoms with Crippen LogP contribution in [0.15, 0.2) is 17.0 Å². The molecule has 1 saturated carbocycles. The van der Waals surface area contributed by atoms with Gasteiger partial charge in [0.2, 0.25) is 11.7 Å². The van der Waals surface area contributed by atoms with Crippen molar-refractivity contribution in [3.8, 4) is 17.2 Å². The van der Waals surface area contributed by atoms with Crippen LogP contribution in [0.2, 0.25) is 0 Å². The highest BCUT2D eigenvalue weighted by molar-refractivity contribution is 8.18. The minimum Gasteiger partial charge on any atom is -0.493 e. The van der Waals surface area contributed by atoms with Gasteiger partial charge in [0.25, 0.3) is 11.1 Å². The Kier molecular flexibility index (Phi) is 7.25. The van der Waals surface area contributed by atoms with Crippen molar-refractivity contribution in [2.24, 2.45) is 5.92 Å². The number of hydrogen-bond donors (Lipinski definition) is 1. The highest BCUT2D eigenvalue weighted by Gasteiger charge is 2.35. The quantitative estimate of drug-likeness (QED) is 0.629. The van der Waals surface area contributed by atoms with Gasteiger partial charge in [0.05, 0.1) is 26.2 Å². The van der Waals surface area contributed by atoms with E-state index in [-0.39, 0.29) is 36.1 Å². The number of imide groups is 1. The van der Waals surface area contributed by atoms with Crippen molar-refractivity contribution in [2.45, 2.75) is 25.7 Å². The van der Waals surface area contributed by atoms with E-state index in [0.29, 0.717) is 27.7 Å². The molecule has 1 N–H and O–H groups in total. The Hall–Kier alpha value is -2.68. The molecule has 0 spiro atoms. The highest BCUT2D eigenvalue weighted by atomic mass is 32.2. The molecule has 9 heteroatoms. The normalized spacial score (nSPS) is 18.2. The van der Waals surface area contributed by atoms with Crippen molar-refractivity contribution in [3.05, 3.63) is 22.6 Å². The van der Waals surface area contributed by atoms with E-state index in [9.17, 15) is 14.4 Å². The number of carbonyl (C=O) groups is 3. The summed E-state index contributed by atoms with van der Waals surface area (Å²) in [6, 6.07) is 3.41. The molecular formula is C21H26N2O6S. The van der Waals surface area contributed by atoms with E-state index in [1.54, 1.807) is 18.2 Å². The molecule has 1 aromatic rings. The Labute approximate surface area is 179 Å². The SMILES string of the molecule is COc1cc(C=C2SC(=O)N(CCNC(=O)C3CCCC3)C2=O)cc(OC)c1OC. The summed E-state index contributed by atoms with van der Waals surface area (Å²) in [5, 5.41) is 2.49. The number of rotatable bonds is 8. The van der Waals surface area contributed by atoms with Crippen LogP contribution in [0, 0.1) is 5.92 Å². The fraction of sp³-hybridized carbons (Fsp3) is 0.476. The molecule has 1 aromatic carbocycles. The number of hydrogen-bond acceptors (Lipinski definition) is 7. The molecule has 8 nitrogen and oxygen atoms in total. The first-order valence-electron chi connectivity index (χ1n) is 9.81. The van der Waals surface area contributed by atoms with E-state index >= 15 is 0 Å². The lowest BCUT2D eigenvalue weighted by molar-refractivity contribution is -0.126. The fourth-order valence-corrected chi connectivity index (χ4v) is 4.52. The molecule has 0 bridgehead atoms. The maximum atomic E-state index is 12.7. The second kappa shape index (κ2) is 9.88. The van der Waals surface area contributed by atoms with E-state index in [4.69, 9.17) is 14.2 Å². The zero-order valence-electron chi connectivity index (χ0n) is 17.4. The van der Waals surface area contributed by atoms with Crippen molar-refractivity contribution in [1.29, 1.82) is 0 Å². The first kappa shape index (κ1) is 22.0. The summed E-state index contributed by atoms with van der Waals surface area (Å²) in [6.45, 7) is 0.403. The largest absolute Gasteiger partial charge is 0.493 e. The monoisotopic (exact) mass is 434 g/mol. The van der Waals surface area contributed by atoms with Gasteiger partial charge < -0.3 is 19.5 Å². The lowest BCUT2D eigenvalue weighted by Gasteiger charge is -2.15. The van der Waals surface area contributed by atoms with Crippen molar-refractivity contribution in [1.82, 2.24) is 10.2 Å². The number of nitrogens with zero attached hydrogens (tertiary/aromatic N) is 1. The minimum atomic E-state index is -0.381. The van der Waals surface area contributed by atoms with Crippen molar-refractivity contribution in [3.63, 3.8) is 0 Å². The van der Waals surface area contributed by atoms with Crippen LogP contribution in [-0.4, -0.2) is 56.4 Å². The van der Waals surface area contributed by atoms with Crippen LogP contribution < -0.4 is 19.5 Å². The van der Waals surface area contributed by atoms with Crippen molar-refractivity contribution < 1.29 is 28.6 Å². The first-order chi connectivity index (χ1) is 14.5. The summed E-state index contributed by atoms with van der Waals surface area (Å²) >= 11 is 0.871. The average molecular weight is 435 g/mol. The lowest BCUT2D eigenvalue weighted by Crippen LogP contribution is -2.39. The van der Waals surface area contributed by atoms with Gasteiger partial charge in [0.1, 0.15) is 0 Å². The second-order valence-corrected chi connectivity index (χ2v) is 8.06. The second-order valence-electron chi connectivity index (χ2n) is 7.06. The van der Waals surface area contributed by atoms with E-state index in [2.05, 4.69) is 5.32 Å². The number of benzene rings is 1. The van der Waals surface area contributed by atoms with Crippen LogP contribution >= 0.6 is 11.8 Å². The number of amides is 3. The summed E-state index contributed by atoms with van der Waals surface area (Å²) in [5.41, 5.74) is 0.643. The van der Waals surface area contributed by atoms with E-state index in [0.717, 1.165) is 42.3 Å². The standard InChI is InChI=1S/C21H26N2O6S/c1-27-15-10-13(11-16(28-2)18(15)29-3)12-17-20(25)23(21(26)30-17)9-8-22-19(24)14-6-4-5-7-14/h10-12,14H,4-9H2,1-3H3,(H,22,24). The van der Waals surface area contributed by atoms with Crippen LogP contribution in [0.5, 0.6) is 17.2 Å². The van der Waals surface area contributed by atoms with Crippen LogP contribution in [0.4, 0.5) is 4.79 Å². The maximum Gasteiger partial charge on any atom is 0.293 e. The predicted molar refractivity (Wildman–Crippen MR) is 114 cm³/mol. The molecule has 2 aliphatic rings. The van der Waals surface area contributed by atoms with Gasteiger partial charge in [-0.3, -0.25) is 19.3 Å². The molecule has 0 atom stereocenters. The van der Waals surface area contributed by atoms with Crippen LogP contribution in [0.3, 0.4) is 0 Å². The Morgan fingerprint density at radius 3 is 2.33 bits per heavy atom. The molecule has 1 aliphatic heterocycles. The maximum absolute atomic E-state index is 12.7. The topological polar surface area (TPSA) is 94.2 Å². The molecule has 30 heavy (non-hydrogen) atoms. The van der Waals surface area contributed by atoms with Gasteiger partial charge >= 0.3 is 0 Å². The Morgan fingerprint density at radius 2 is 1.77 bits per heavy atom. The van der Waals surface area contributed by atoms with Gasteiger partial charge in [-0.25, -0.2) is 0 Å². The summed E-state index contributed by atoms with van der Waals surface area (Å²) in [5.74, 6) is 1.04. The Bertz CT molecular complexity index is 838. The van der Waals surface area contributed by atoms with Crippen LogP contribution in [0.1, 0.15) is 31.2 Å². The molecule has 0 radical (unpaired) electrons. The molecule has 1 heterocycles. The van der Waals surface area contributed by atoms with Crippen LogP contribution in [-0.2, 0) is 9.59 Å². The average Bonchev–Trinajstić information content (AvgIpc) is 3.37. The summed E-state index contributed by atoms with van der Waals surface area (Å²) in [6.07, 6.45) is 5.59. The molecule has 1 aliphatic carbocycles. The third-order valence-corrected chi connectivity index (χ3v) is 6.13. The van der Waals surface area contributed by atoms with Gasteiger partial charge in [0.15, 0.2) is 11.5 Å². The van der Waals surface area contributed by atoms with Crippen LogP contribution in [0.25, 0.3) is 6.08 Å². The molecule has 3 amide bonds. The zero-order chi connectivity index (χ0) is 21.7. The molecule has 162 valence electrons. The van der Waals surface area contributed by atoms with Gasteiger partial charge in [-0.1, -0.05) is 12.8 Å². The summed E-state index contributed by atoms with van der Waals surface area (Å²) in [7, 11) is 4.53. The molecule has 3 rings (SSSR count). The van der Waals surface area contributed by atoms with E-state index in [1.807, 2.05) is 0 Å². The van der Waals surface area contributed by atoms with E-state index in [1.165, 1.54) is 21.3 Å². The zero-order valence-corrected chi connectivity index (χ0v) is 18.2. The van der Waals surface area contributed by atoms with Crippen molar-refractivity contribution >= 4 is 34.9 Å². The molecule has 1 saturated heterocycles. The Morgan fingerprint density at radius 1 is 1.13 bits per heavy atom. The number of ether oxygens (including phenoxy) is 3. The lowest BCUT2D eigenvalue weighted by atomic mass is 10.1. The molecule has 0 unspecified atom stereocenters. The van der Waals surface area contributed by atoms with Crippen molar-refractivity contribution in [2.75, 3.05) is 34.4 Å². The summed E-state index contributed by atoms with van der Waals surface area (Å²) in [4.78, 5) is 38.6. The van der Waals surface area contributed by atoms with E-state index < -0.39 is 0 Å². The minimum absolute atomic E-state index is 0.00689. The fourth-order valence-electron chi connectivity index (χ4n) is 3.65. The smallest absolute Gasteiger partial charge is 0.293 e. The number of nitrogens with one attached hydrogen (secondary N) is 1. The number of methoxy groups -OCH3 is 3. The first-order valence-corrected chi connectivity index (χ1v) is 10.6. The van der Waals surface area contributed by atoms with Gasteiger partial charge in [0, 0.05) is 19.0 Å². The molecular weight excluding hydrogens is 408 g/mol. The molecule has 2 fully saturated rings. The van der Waals surface area contributed by atoms with Gasteiger partial charge in [-0.05, 0) is 48.4 Å². The number of thioether (sulfide) groups is 1. The molecule has 0 aromatic heterocycles. The predicted octanol–water partition coefficient (Wildman–Crippen LogP) is 3.06. The summed E-state index contributed by atoms with van der Waals surface area (Å²) < 4.78 is 16.0.